The fraction of sp³-hybridized carbons (Fsp3) is 0.875. The van der Waals surface area contributed by atoms with Gasteiger partial charge in [-0.25, -0.2) is 0 Å². The Balaban J connectivity index is 2.08. The van der Waals surface area contributed by atoms with Gasteiger partial charge in [0, 0.05) is 6.54 Å². The molecule has 0 bridgehead atoms. The topological polar surface area (TPSA) is 41.1 Å². The van der Waals surface area contributed by atoms with Crippen LogP contribution in [0.15, 0.2) is 0 Å². The number of likely N-dealkylation sites (N-methyl/N-ethyl adjacent to an activating group) is 1. The lowest BCUT2D eigenvalue weighted by Gasteiger charge is -2.09. The van der Waals surface area contributed by atoms with E-state index in [2.05, 4.69) is 10.6 Å². The number of nitrogens with one attached hydrogen (secondary N) is 2. The molecule has 0 aromatic carbocycles. The normalized spacial score (nSPS) is 19.5. The van der Waals surface area contributed by atoms with Gasteiger partial charge in [-0.05, 0) is 32.7 Å². The Morgan fingerprint density at radius 3 is 2.73 bits per heavy atom. The monoisotopic (exact) mass is 156 g/mol. The van der Waals surface area contributed by atoms with Crippen molar-refractivity contribution >= 4 is 5.91 Å². The predicted molar refractivity (Wildman–Crippen MR) is 44.3 cm³/mol. The standard InChI is InChI=1S/C8H16N2O/c1-6(9-2)8(11)10-5-7-3-4-7/h6-7,9H,3-5H2,1-2H3,(H,10,11). The highest BCUT2D eigenvalue weighted by Crippen LogP contribution is 2.27. The Labute approximate surface area is 67.5 Å². The van der Waals surface area contributed by atoms with Gasteiger partial charge in [0.2, 0.25) is 5.91 Å². The van der Waals surface area contributed by atoms with Crippen LogP contribution in [0.25, 0.3) is 0 Å². The number of hydrogen-bond donors (Lipinski definition) is 2. The Morgan fingerprint density at radius 1 is 1.64 bits per heavy atom. The summed E-state index contributed by atoms with van der Waals surface area (Å²) >= 11 is 0. The molecule has 1 aliphatic rings. The first kappa shape index (κ1) is 8.53. The molecule has 11 heavy (non-hydrogen) atoms. The summed E-state index contributed by atoms with van der Waals surface area (Å²) in [6.07, 6.45) is 2.57. The lowest BCUT2D eigenvalue weighted by atomic mass is 10.3. The van der Waals surface area contributed by atoms with Crippen LogP contribution in [0.1, 0.15) is 19.8 Å². The van der Waals surface area contributed by atoms with Crippen molar-refractivity contribution in [2.45, 2.75) is 25.8 Å². The molecule has 1 amide bonds. The number of hydrogen-bond acceptors (Lipinski definition) is 2. The molecule has 64 valence electrons. The van der Waals surface area contributed by atoms with Gasteiger partial charge in [-0.3, -0.25) is 4.79 Å². The minimum atomic E-state index is -0.0613. The van der Waals surface area contributed by atoms with Crippen molar-refractivity contribution < 1.29 is 4.79 Å². The Hall–Kier alpha value is -0.570. The van der Waals surface area contributed by atoms with Crippen LogP contribution < -0.4 is 10.6 Å². The highest BCUT2D eigenvalue weighted by atomic mass is 16.2. The minimum absolute atomic E-state index is 0.0613. The van der Waals surface area contributed by atoms with Gasteiger partial charge in [0.1, 0.15) is 0 Å². The Kier molecular flexibility index (Phi) is 2.88. The minimum Gasteiger partial charge on any atom is -0.354 e. The molecule has 0 aromatic rings. The molecule has 3 heteroatoms. The molecule has 1 fully saturated rings. The molecule has 0 saturated heterocycles. The molecule has 1 rings (SSSR count). The summed E-state index contributed by atoms with van der Waals surface area (Å²) in [4.78, 5) is 11.1. The van der Waals surface area contributed by atoms with E-state index in [-0.39, 0.29) is 11.9 Å². The van der Waals surface area contributed by atoms with E-state index in [9.17, 15) is 4.79 Å². The van der Waals surface area contributed by atoms with Crippen molar-refractivity contribution in [1.82, 2.24) is 10.6 Å². The molecule has 3 nitrogen and oxygen atoms in total. The van der Waals surface area contributed by atoms with Crippen LogP contribution in [0.5, 0.6) is 0 Å². The summed E-state index contributed by atoms with van der Waals surface area (Å²) in [5.74, 6) is 0.877. The zero-order chi connectivity index (χ0) is 8.27. The number of amides is 1. The summed E-state index contributed by atoms with van der Waals surface area (Å²) in [5.41, 5.74) is 0. The third-order valence-corrected chi connectivity index (χ3v) is 2.09. The van der Waals surface area contributed by atoms with Crippen molar-refractivity contribution in [3.8, 4) is 0 Å². The summed E-state index contributed by atoms with van der Waals surface area (Å²) in [6.45, 7) is 2.73. The van der Waals surface area contributed by atoms with Crippen LogP contribution in [0.2, 0.25) is 0 Å². The van der Waals surface area contributed by atoms with E-state index in [1.807, 2.05) is 6.92 Å². The van der Waals surface area contributed by atoms with Crippen molar-refractivity contribution in [2.24, 2.45) is 5.92 Å². The summed E-state index contributed by atoms with van der Waals surface area (Å²) < 4.78 is 0. The van der Waals surface area contributed by atoms with Crippen LogP contribution in [0.4, 0.5) is 0 Å². The van der Waals surface area contributed by atoms with Gasteiger partial charge >= 0.3 is 0 Å². The molecule has 0 heterocycles. The Bertz CT molecular complexity index is 143. The van der Waals surface area contributed by atoms with E-state index >= 15 is 0 Å². The van der Waals surface area contributed by atoms with E-state index in [1.54, 1.807) is 7.05 Å². The van der Waals surface area contributed by atoms with E-state index < -0.39 is 0 Å². The lowest BCUT2D eigenvalue weighted by molar-refractivity contribution is -0.122. The highest BCUT2D eigenvalue weighted by molar-refractivity contribution is 5.81. The van der Waals surface area contributed by atoms with E-state index in [4.69, 9.17) is 0 Å². The largest absolute Gasteiger partial charge is 0.354 e. The zero-order valence-corrected chi connectivity index (χ0v) is 7.18. The SMILES string of the molecule is CNC(C)C(=O)NCC1CC1. The summed E-state index contributed by atoms with van der Waals surface area (Å²) in [5, 5.41) is 5.79. The lowest BCUT2D eigenvalue weighted by Crippen LogP contribution is -2.41. The second-order valence-electron chi connectivity index (χ2n) is 3.20. The van der Waals surface area contributed by atoms with Crippen LogP contribution in [0.3, 0.4) is 0 Å². The molecule has 0 radical (unpaired) electrons. The van der Waals surface area contributed by atoms with Crippen LogP contribution in [-0.4, -0.2) is 25.5 Å². The van der Waals surface area contributed by atoms with Gasteiger partial charge < -0.3 is 10.6 Å². The van der Waals surface area contributed by atoms with Gasteiger partial charge in [0.15, 0.2) is 0 Å². The summed E-state index contributed by atoms with van der Waals surface area (Å²) in [7, 11) is 1.79. The molecule has 1 aliphatic carbocycles. The third-order valence-electron chi connectivity index (χ3n) is 2.09. The number of rotatable bonds is 4. The molecule has 0 spiro atoms. The first-order chi connectivity index (χ1) is 5.24. The first-order valence-electron chi connectivity index (χ1n) is 4.19. The average molecular weight is 156 g/mol. The van der Waals surface area contributed by atoms with E-state index in [0.717, 1.165) is 12.5 Å². The maximum atomic E-state index is 11.1. The summed E-state index contributed by atoms with van der Waals surface area (Å²) in [6, 6.07) is -0.0613. The van der Waals surface area contributed by atoms with Crippen molar-refractivity contribution in [2.75, 3.05) is 13.6 Å². The predicted octanol–water partition coefficient (Wildman–Crippen LogP) is 0.120. The van der Waals surface area contributed by atoms with Crippen LogP contribution in [0, 0.1) is 5.92 Å². The fourth-order valence-corrected chi connectivity index (χ4v) is 0.851. The van der Waals surface area contributed by atoms with Crippen molar-refractivity contribution in [1.29, 1.82) is 0 Å². The molecule has 2 N–H and O–H groups in total. The number of carbonyl (C=O) groups excluding carboxylic acids is 1. The molecule has 1 saturated carbocycles. The smallest absolute Gasteiger partial charge is 0.236 e. The molecule has 0 aliphatic heterocycles. The molecule has 1 atom stereocenters. The highest BCUT2D eigenvalue weighted by Gasteiger charge is 2.22. The van der Waals surface area contributed by atoms with Gasteiger partial charge in [-0.15, -0.1) is 0 Å². The molecular weight excluding hydrogens is 140 g/mol. The maximum absolute atomic E-state index is 11.1. The number of carbonyl (C=O) groups is 1. The van der Waals surface area contributed by atoms with Gasteiger partial charge in [0.25, 0.3) is 0 Å². The molecule has 1 unspecified atom stereocenters. The van der Waals surface area contributed by atoms with Gasteiger partial charge in [-0.1, -0.05) is 0 Å². The van der Waals surface area contributed by atoms with E-state index in [0.29, 0.717) is 0 Å². The van der Waals surface area contributed by atoms with Crippen LogP contribution >= 0.6 is 0 Å². The first-order valence-corrected chi connectivity index (χ1v) is 4.19. The molecular formula is C8H16N2O. The molecule has 0 aromatic heterocycles. The second kappa shape index (κ2) is 3.72. The van der Waals surface area contributed by atoms with Gasteiger partial charge in [0.05, 0.1) is 6.04 Å². The van der Waals surface area contributed by atoms with Crippen molar-refractivity contribution in [3.63, 3.8) is 0 Å². The third kappa shape index (κ3) is 2.89. The van der Waals surface area contributed by atoms with Gasteiger partial charge in [-0.2, -0.15) is 0 Å². The van der Waals surface area contributed by atoms with Crippen molar-refractivity contribution in [3.05, 3.63) is 0 Å². The average Bonchev–Trinajstić information content (AvgIpc) is 2.81. The maximum Gasteiger partial charge on any atom is 0.236 e. The van der Waals surface area contributed by atoms with Crippen LogP contribution in [-0.2, 0) is 4.79 Å². The fourth-order valence-electron chi connectivity index (χ4n) is 0.851. The van der Waals surface area contributed by atoms with E-state index in [1.165, 1.54) is 12.8 Å². The zero-order valence-electron chi connectivity index (χ0n) is 7.18. The Morgan fingerprint density at radius 2 is 2.27 bits per heavy atom. The quantitative estimate of drug-likeness (QED) is 0.607. The second-order valence-corrected chi connectivity index (χ2v) is 3.20.